The number of benzene rings is 1. The average Bonchev–Trinajstić information content (AvgIpc) is 3.14. The van der Waals surface area contributed by atoms with Crippen LogP contribution in [0.1, 0.15) is 11.4 Å². The van der Waals surface area contributed by atoms with Gasteiger partial charge in [-0.25, -0.2) is 5.43 Å². The minimum absolute atomic E-state index is 0.172. The molecular weight excluding hydrogens is 386 g/mol. The molecule has 0 bridgehead atoms. The molecule has 1 amide bonds. The summed E-state index contributed by atoms with van der Waals surface area (Å²) in [7, 11) is 0. The van der Waals surface area contributed by atoms with Crippen LogP contribution in [0.3, 0.4) is 0 Å². The third-order valence-electron chi connectivity index (χ3n) is 3.75. The molecule has 0 aliphatic heterocycles. The van der Waals surface area contributed by atoms with Gasteiger partial charge >= 0.3 is 0 Å². The lowest BCUT2D eigenvalue weighted by Gasteiger charge is -2.09. The lowest BCUT2D eigenvalue weighted by molar-refractivity contribution is -0.118. The van der Waals surface area contributed by atoms with Gasteiger partial charge < -0.3 is 9.88 Å². The van der Waals surface area contributed by atoms with E-state index in [0.29, 0.717) is 18.2 Å². The highest BCUT2D eigenvalue weighted by Gasteiger charge is 2.13. The lowest BCUT2D eigenvalue weighted by atomic mass is 10.3. The van der Waals surface area contributed by atoms with Gasteiger partial charge in [-0.1, -0.05) is 42.1 Å². The van der Waals surface area contributed by atoms with Crippen molar-refractivity contribution in [3.63, 3.8) is 0 Å². The average molecular weight is 408 g/mol. The van der Waals surface area contributed by atoms with E-state index in [1.807, 2.05) is 41.0 Å². The zero-order valence-corrected chi connectivity index (χ0v) is 16.5. The maximum atomic E-state index is 12.0. The van der Waals surface area contributed by atoms with Gasteiger partial charge in [-0.15, -0.1) is 16.8 Å². The Balaban J connectivity index is 1.54. The molecule has 9 heteroatoms. The molecule has 2 aromatic heterocycles. The van der Waals surface area contributed by atoms with E-state index in [1.165, 1.54) is 11.8 Å². The van der Waals surface area contributed by atoms with Gasteiger partial charge in [0.15, 0.2) is 11.0 Å². The molecule has 2 heterocycles. The molecule has 2 N–H and O–H groups in total. The number of thioether (sulfide) groups is 1. The Labute approximate surface area is 173 Å². The first-order valence-corrected chi connectivity index (χ1v) is 9.91. The number of para-hydroxylation sites is 1. The van der Waals surface area contributed by atoms with Gasteiger partial charge in [0.05, 0.1) is 18.5 Å². The summed E-state index contributed by atoms with van der Waals surface area (Å²) < 4.78 is 1.93. The molecule has 3 rings (SSSR count). The Kier molecular flexibility index (Phi) is 7.53. The summed E-state index contributed by atoms with van der Waals surface area (Å²) in [5, 5.41) is 16.4. The number of carbonyl (C=O) groups is 1. The van der Waals surface area contributed by atoms with Gasteiger partial charge in [0.2, 0.25) is 0 Å². The zero-order valence-electron chi connectivity index (χ0n) is 15.7. The summed E-state index contributed by atoms with van der Waals surface area (Å²) in [6.07, 6.45) is 6.66. The number of hydrogen-bond acceptors (Lipinski definition) is 7. The van der Waals surface area contributed by atoms with Crippen molar-refractivity contribution in [1.82, 2.24) is 25.2 Å². The van der Waals surface area contributed by atoms with E-state index < -0.39 is 0 Å². The molecule has 0 aliphatic carbocycles. The van der Waals surface area contributed by atoms with Crippen molar-refractivity contribution >= 4 is 29.6 Å². The first kappa shape index (κ1) is 20.3. The number of hydrogen-bond donors (Lipinski definition) is 2. The summed E-state index contributed by atoms with van der Waals surface area (Å²) in [5.74, 6) is 0.713. The van der Waals surface area contributed by atoms with Gasteiger partial charge in [0.1, 0.15) is 0 Å². The van der Waals surface area contributed by atoms with Crippen molar-refractivity contribution in [1.29, 1.82) is 0 Å². The van der Waals surface area contributed by atoms with Crippen molar-refractivity contribution in [2.24, 2.45) is 5.10 Å². The maximum Gasteiger partial charge on any atom is 0.250 e. The van der Waals surface area contributed by atoms with Crippen LogP contribution in [-0.4, -0.2) is 37.6 Å². The fraction of sp³-hybridized carbons (Fsp3) is 0.150. The van der Waals surface area contributed by atoms with E-state index in [4.69, 9.17) is 0 Å². The highest BCUT2D eigenvalue weighted by atomic mass is 32.2. The number of rotatable bonds is 10. The maximum absolute atomic E-state index is 12.0. The summed E-state index contributed by atoms with van der Waals surface area (Å²) in [6.45, 7) is 4.87. The normalized spacial score (nSPS) is 10.8. The molecule has 148 valence electrons. The molecule has 0 spiro atoms. The van der Waals surface area contributed by atoms with Crippen LogP contribution in [0.15, 0.2) is 77.8 Å². The van der Waals surface area contributed by atoms with Crippen LogP contribution in [0.25, 0.3) is 0 Å². The van der Waals surface area contributed by atoms with E-state index in [2.05, 4.69) is 37.6 Å². The Morgan fingerprint density at radius 3 is 2.83 bits per heavy atom. The fourth-order valence-corrected chi connectivity index (χ4v) is 3.16. The van der Waals surface area contributed by atoms with Crippen molar-refractivity contribution in [3.8, 4) is 0 Å². The third-order valence-corrected chi connectivity index (χ3v) is 4.72. The standard InChI is InChI=1S/C20H21N7OS/c1-2-11-27-18(14-22-17-8-4-3-5-9-17)24-26-20(27)29-15-19(28)25-23-13-16-7-6-10-21-12-16/h2-10,12-13,22H,1,11,14-15H2,(H,25,28). The molecule has 1 aromatic carbocycles. The van der Waals surface area contributed by atoms with Crippen molar-refractivity contribution in [3.05, 3.63) is 78.9 Å². The van der Waals surface area contributed by atoms with Crippen molar-refractivity contribution in [2.45, 2.75) is 18.2 Å². The second-order valence-electron chi connectivity index (χ2n) is 5.89. The zero-order chi connectivity index (χ0) is 20.3. The topological polar surface area (TPSA) is 97.1 Å². The van der Waals surface area contributed by atoms with Crippen LogP contribution in [-0.2, 0) is 17.9 Å². The number of allylic oxidation sites excluding steroid dienone is 1. The number of anilines is 1. The summed E-state index contributed by atoms with van der Waals surface area (Å²) in [5.41, 5.74) is 4.31. The van der Waals surface area contributed by atoms with E-state index in [0.717, 1.165) is 17.1 Å². The van der Waals surface area contributed by atoms with Gasteiger partial charge in [-0.05, 0) is 18.2 Å². The summed E-state index contributed by atoms with van der Waals surface area (Å²) in [6, 6.07) is 13.5. The predicted molar refractivity (Wildman–Crippen MR) is 115 cm³/mol. The van der Waals surface area contributed by atoms with Crippen LogP contribution >= 0.6 is 11.8 Å². The predicted octanol–water partition coefficient (Wildman–Crippen LogP) is 2.71. The monoisotopic (exact) mass is 407 g/mol. The molecular formula is C20H21N7OS. The molecule has 8 nitrogen and oxygen atoms in total. The Hall–Kier alpha value is -3.46. The second-order valence-corrected chi connectivity index (χ2v) is 6.83. The molecule has 0 saturated carbocycles. The number of nitrogens with one attached hydrogen (secondary N) is 2. The number of hydrazone groups is 1. The lowest BCUT2D eigenvalue weighted by Crippen LogP contribution is -2.20. The van der Waals surface area contributed by atoms with Gasteiger partial charge in [0, 0.05) is 30.2 Å². The number of pyridine rings is 1. The van der Waals surface area contributed by atoms with Crippen LogP contribution in [0.5, 0.6) is 0 Å². The quantitative estimate of drug-likeness (QED) is 0.232. The molecule has 0 saturated heterocycles. The highest BCUT2D eigenvalue weighted by Crippen LogP contribution is 2.18. The van der Waals surface area contributed by atoms with Crippen molar-refractivity contribution in [2.75, 3.05) is 11.1 Å². The van der Waals surface area contributed by atoms with Crippen LogP contribution in [0.4, 0.5) is 5.69 Å². The van der Waals surface area contributed by atoms with Crippen molar-refractivity contribution < 1.29 is 4.79 Å². The minimum atomic E-state index is -0.229. The first-order valence-electron chi connectivity index (χ1n) is 8.93. The molecule has 0 radical (unpaired) electrons. The molecule has 0 aliphatic rings. The number of carbonyl (C=O) groups excluding carboxylic acids is 1. The summed E-state index contributed by atoms with van der Waals surface area (Å²) >= 11 is 1.30. The third kappa shape index (κ3) is 6.28. The van der Waals surface area contributed by atoms with Gasteiger partial charge in [0.25, 0.3) is 5.91 Å². The molecule has 0 unspecified atom stereocenters. The van der Waals surface area contributed by atoms with Crippen LogP contribution in [0, 0.1) is 0 Å². The molecule has 29 heavy (non-hydrogen) atoms. The van der Waals surface area contributed by atoms with Crippen LogP contribution in [0.2, 0.25) is 0 Å². The minimum Gasteiger partial charge on any atom is -0.378 e. The summed E-state index contributed by atoms with van der Waals surface area (Å²) in [4.78, 5) is 16.0. The largest absolute Gasteiger partial charge is 0.378 e. The van der Waals surface area contributed by atoms with Gasteiger partial charge in [-0.2, -0.15) is 5.10 Å². The Bertz CT molecular complexity index is 957. The first-order chi connectivity index (χ1) is 14.3. The van der Waals surface area contributed by atoms with E-state index in [1.54, 1.807) is 30.8 Å². The Morgan fingerprint density at radius 2 is 2.07 bits per heavy atom. The van der Waals surface area contributed by atoms with Gasteiger partial charge in [-0.3, -0.25) is 9.78 Å². The smallest absolute Gasteiger partial charge is 0.250 e. The molecule has 0 fully saturated rings. The SMILES string of the molecule is C=CCn1c(CNc2ccccc2)nnc1SCC(=O)NN=Cc1cccnc1. The van der Waals surface area contributed by atoms with E-state index >= 15 is 0 Å². The molecule has 3 aromatic rings. The second kappa shape index (κ2) is 10.8. The highest BCUT2D eigenvalue weighted by molar-refractivity contribution is 7.99. The van der Waals surface area contributed by atoms with E-state index in [-0.39, 0.29) is 11.7 Å². The number of aromatic nitrogens is 4. The number of amides is 1. The van der Waals surface area contributed by atoms with Crippen LogP contribution < -0.4 is 10.7 Å². The number of nitrogens with zero attached hydrogens (tertiary/aromatic N) is 5. The van der Waals surface area contributed by atoms with E-state index in [9.17, 15) is 4.79 Å². The fourth-order valence-electron chi connectivity index (χ4n) is 2.40. The Morgan fingerprint density at radius 1 is 1.21 bits per heavy atom. The molecule has 0 atom stereocenters.